The molecule has 2 unspecified atom stereocenters. The molecule has 1 aromatic carbocycles. The minimum Gasteiger partial charge on any atom is -0.423 e. The quantitative estimate of drug-likeness (QED) is 0.771. The second-order valence-electron chi connectivity index (χ2n) is 7.66. The molecule has 1 amide bonds. The number of benzene rings is 1. The SMILES string of the molecule is Cc1ccc2c(C)c(CCC(=O)NC3CCCC(C(F)(F)F)C3)c(=O)oc2c1. The third-order valence-electron chi connectivity index (χ3n) is 5.55. The summed E-state index contributed by atoms with van der Waals surface area (Å²) in [4.78, 5) is 24.5. The Hall–Kier alpha value is -2.31. The fourth-order valence-corrected chi connectivity index (χ4v) is 3.95. The lowest BCUT2D eigenvalue weighted by Gasteiger charge is -2.31. The van der Waals surface area contributed by atoms with Crippen molar-refractivity contribution in [3.8, 4) is 0 Å². The minimum absolute atomic E-state index is 0.0378. The van der Waals surface area contributed by atoms with Crippen LogP contribution in [0.2, 0.25) is 0 Å². The number of hydrogen-bond acceptors (Lipinski definition) is 3. The highest BCUT2D eigenvalue weighted by atomic mass is 19.4. The maximum absolute atomic E-state index is 12.9. The average Bonchev–Trinajstić information content (AvgIpc) is 2.60. The van der Waals surface area contributed by atoms with Gasteiger partial charge in [0.25, 0.3) is 0 Å². The zero-order chi connectivity index (χ0) is 20.5. The highest BCUT2D eigenvalue weighted by Gasteiger charge is 2.42. The number of fused-ring (bicyclic) bond motifs is 1. The number of carbonyl (C=O) groups is 1. The van der Waals surface area contributed by atoms with Crippen molar-refractivity contribution >= 4 is 16.9 Å². The van der Waals surface area contributed by atoms with Gasteiger partial charge in [-0.05, 0) is 56.7 Å². The fourth-order valence-electron chi connectivity index (χ4n) is 3.95. The molecule has 0 aliphatic heterocycles. The summed E-state index contributed by atoms with van der Waals surface area (Å²) in [5.74, 6) is -1.69. The molecule has 1 saturated carbocycles. The first-order chi connectivity index (χ1) is 13.1. The maximum atomic E-state index is 12.9. The maximum Gasteiger partial charge on any atom is 0.391 e. The fraction of sp³-hybridized carbons (Fsp3) is 0.524. The van der Waals surface area contributed by atoms with Gasteiger partial charge in [-0.1, -0.05) is 18.6 Å². The first-order valence-electron chi connectivity index (χ1n) is 9.54. The molecular formula is C21H24F3NO3. The third kappa shape index (κ3) is 4.56. The largest absolute Gasteiger partial charge is 0.423 e. The van der Waals surface area contributed by atoms with Gasteiger partial charge in [-0.3, -0.25) is 4.79 Å². The van der Waals surface area contributed by atoms with Crippen molar-refractivity contribution in [1.29, 1.82) is 0 Å². The van der Waals surface area contributed by atoms with Gasteiger partial charge in [0.1, 0.15) is 5.58 Å². The molecule has 1 aliphatic carbocycles. The van der Waals surface area contributed by atoms with E-state index in [1.165, 1.54) is 0 Å². The molecule has 1 aliphatic rings. The van der Waals surface area contributed by atoms with E-state index in [0.717, 1.165) is 16.5 Å². The van der Waals surface area contributed by atoms with E-state index in [1.54, 1.807) is 6.07 Å². The van der Waals surface area contributed by atoms with Crippen LogP contribution in [0.25, 0.3) is 11.0 Å². The van der Waals surface area contributed by atoms with Crippen LogP contribution in [0.15, 0.2) is 27.4 Å². The summed E-state index contributed by atoms with van der Waals surface area (Å²) in [5.41, 5.74) is 2.22. The van der Waals surface area contributed by atoms with Crippen LogP contribution < -0.4 is 10.9 Å². The molecule has 0 bridgehead atoms. The molecule has 0 radical (unpaired) electrons. The van der Waals surface area contributed by atoms with Gasteiger partial charge in [-0.25, -0.2) is 4.79 Å². The lowest BCUT2D eigenvalue weighted by atomic mass is 9.85. The molecule has 1 aromatic heterocycles. The summed E-state index contributed by atoms with van der Waals surface area (Å²) >= 11 is 0. The van der Waals surface area contributed by atoms with Crippen molar-refractivity contribution in [2.45, 2.75) is 64.6 Å². The topological polar surface area (TPSA) is 59.3 Å². The molecule has 2 atom stereocenters. The zero-order valence-corrected chi connectivity index (χ0v) is 16.0. The number of nitrogens with one attached hydrogen (secondary N) is 1. The van der Waals surface area contributed by atoms with E-state index in [0.29, 0.717) is 24.0 Å². The molecule has 152 valence electrons. The first kappa shape index (κ1) is 20.4. The molecule has 3 rings (SSSR count). The summed E-state index contributed by atoms with van der Waals surface area (Å²) < 4.78 is 44.1. The van der Waals surface area contributed by atoms with Gasteiger partial charge >= 0.3 is 11.8 Å². The molecule has 1 fully saturated rings. The van der Waals surface area contributed by atoms with Crippen molar-refractivity contribution in [2.24, 2.45) is 5.92 Å². The Morgan fingerprint density at radius 1 is 1.25 bits per heavy atom. The van der Waals surface area contributed by atoms with E-state index in [9.17, 15) is 22.8 Å². The molecule has 2 aromatic rings. The summed E-state index contributed by atoms with van der Waals surface area (Å²) in [6.07, 6.45) is -2.95. The summed E-state index contributed by atoms with van der Waals surface area (Å²) in [6, 6.07) is 5.13. The molecule has 7 heteroatoms. The van der Waals surface area contributed by atoms with Crippen molar-refractivity contribution in [1.82, 2.24) is 5.32 Å². The smallest absolute Gasteiger partial charge is 0.391 e. The predicted octanol–water partition coefficient (Wildman–Crippen LogP) is 4.58. The second kappa shape index (κ2) is 7.97. The van der Waals surface area contributed by atoms with E-state index < -0.39 is 23.8 Å². The van der Waals surface area contributed by atoms with Gasteiger partial charge in [-0.15, -0.1) is 0 Å². The van der Waals surface area contributed by atoms with Gasteiger partial charge in [0.05, 0.1) is 5.92 Å². The molecule has 1 N–H and O–H groups in total. The van der Waals surface area contributed by atoms with Crippen LogP contribution >= 0.6 is 0 Å². The van der Waals surface area contributed by atoms with Gasteiger partial charge < -0.3 is 9.73 Å². The zero-order valence-electron chi connectivity index (χ0n) is 16.0. The number of halogens is 3. The van der Waals surface area contributed by atoms with Crippen LogP contribution in [0.5, 0.6) is 0 Å². The Morgan fingerprint density at radius 2 is 2.00 bits per heavy atom. The predicted molar refractivity (Wildman–Crippen MR) is 100 cm³/mol. The van der Waals surface area contributed by atoms with Crippen LogP contribution in [0, 0.1) is 19.8 Å². The van der Waals surface area contributed by atoms with Gasteiger partial charge in [0.2, 0.25) is 5.91 Å². The van der Waals surface area contributed by atoms with Crippen molar-refractivity contribution in [2.75, 3.05) is 0 Å². The van der Waals surface area contributed by atoms with Crippen LogP contribution in [-0.4, -0.2) is 18.1 Å². The Balaban J connectivity index is 1.65. The average molecular weight is 395 g/mol. The lowest BCUT2D eigenvalue weighted by molar-refractivity contribution is -0.184. The van der Waals surface area contributed by atoms with E-state index >= 15 is 0 Å². The van der Waals surface area contributed by atoms with Gasteiger partial charge in [0.15, 0.2) is 0 Å². The number of alkyl halides is 3. The van der Waals surface area contributed by atoms with E-state index in [4.69, 9.17) is 4.42 Å². The normalized spacial score (nSPS) is 20.3. The third-order valence-corrected chi connectivity index (χ3v) is 5.55. The highest BCUT2D eigenvalue weighted by Crippen LogP contribution is 2.37. The van der Waals surface area contributed by atoms with Crippen LogP contribution in [-0.2, 0) is 11.2 Å². The number of rotatable bonds is 4. The number of aryl methyl sites for hydroxylation is 2. The second-order valence-corrected chi connectivity index (χ2v) is 7.66. The lowest BCUT2D eigenvalue weighted by Crippen LogP contribution is -2.41. The van der Waals surface area contributed by atoms with E-state index in [1.807, 2.05) is 26.0 Å². The molecule has 4 nitrogen and oxygen atoms in total. The number of hydrogen-bond donors (Lipinski definition) is 1. The molecule has 0 saturated heterocycles. The summed E-state index contributed by atoms with van der Waals surface area (Å²) in [6.45, 7) is 3.72. The van der Waals surface area contributed by atoms with Gasteiger partial charge in [-0.2, -0.15) is 13.2 Å². The van der Waals surface area contributed by atoms with E-state index in [2.05, 4.69) is 5.32 Å². The number of amides is 1. The Morgan fingerprint density at radius 3 is 2.71 bits per heavy atom. The standard InChI is InChI=1S/C21H24F3NO3/c1-12-6-7-16-13(2)17(20(27)28-18(16)10-12)8-9-19(26)25-15-5-3-4-14(11-15)21(22,23)24/h6-7,10,14-15H,3-5,8-9,11H2,1-2H3,(H,25,26). The highest BCUT2D eigenvalue weighted by molar-refractivity contribution is 5.82. The Bertz CT molecular complexity index is 933. The molecule has 1 heterocycles. The van der Waals surface area contributed by atoms with Crippen LogP contribution in [0.4, 0.5) is 13.2 Å². The minimum atomic E-state index is -4.22. The number of carbonyl (C=O) groups excluding carboxylic acids is 1. The monoisotopic (exact) mass is 395 g/mol. The van der Waals surface area contributed by atoms with Crippen LogP contribution in [0.1, 0.15) is 48.8 Å². The van der Waals surface area contributed by atoms with Gasteiger partial charge in [0, 0.05) is 23.4 Å². The van der Waals surface area contributed by atoms with E-state index in [-0.39, 0.29) is 31.6 Å². The van der Waals surface area contributed by atoms with Crippen molar-refractivity contribution < 1.29 is 22.4 Å². The van der Waals surface area contributed by atoms with Crippen molar-refractivity contribution in [3.63, 3.8) is 0 Å². The first-order valence-corrected chi connectivity index (χ1v) is 9.54. The Kier molecular flexibility index (Phi) is 5.82. The molecule has 0 spiro atoms. The van der Waals surface area contributed by atoms with Crippen LogP contribution in [0.3, 0.4) is 0 Å². The summed E-state index contributed by atoms with van der Waals surface area (Å²) in [5, 5.41) is 3.52. The summed E-state index contributed by atoms with van der Waals surface area (Å²) in [7, 11) is 0. The molecular weight excluding hydrogens is 371 g/mol. The van der Waals surface area contributed by atoms with Crippen molar-refractivity contribution in [3.05, 3.63) is 45.3 Å². The Labute approximate surface area is 161 Å². The molecule has 28 heavy (non-hydrogen) atoms.